The Morgan fingerprint density at radius 2 is 1.44 bits per heavy atom. The highest BCUT2D eigenvalue weighted by Gasteiger charge is 2.29. The number of aryl methyl sites for hydroxylation is 1. The van der Waals surface area contributed by atoms with E-state index in [1.807, 2.05) is 0 Å². The van der Waals surface area contributed by atoms with Crippen LogP contribution >= 0.6 is 0 Å². The highest BCUT2D eigenvalue weighted by Crippen LogP contribution is 2.41. The third-order valence-electron chi connectivity index (χ3n) is 6.88. The van der Waals surface area contributed by atoms with Crippen molar-refractivity contribution in [2.24, 2.45) is 11.3 Å². The van der Waals surface area contributed by atoms with E-state index in [1.54, 1.807) is 0 Å². The summed E-state index contributed by atoms with van der Waals surface area (Å²) in [6.45, 7) is 14.0. The zero-order valence-electron chi connectivity index (χ0n) is 20.7. The lowest BCUT2D eigenvalue weighted by atomic mass is 9.70. The maximum atomic E-state index is 2.45. The summed E-state index contributed by atoms with van der Waals surface area (Å²) in [7, 11) is 0. The fourth-order valence-corrected chi connectivity index (χ4v) is 5.76. The van der Waals surface area contributed by atoms with Gasteiger partial charge in [0, 0.05) is 0 Å². The molecule has 1 unspecified atom stereocenters. The van der Waals surface area contributed by atoms with Gasteiger partial charge in [-0.25, -0.2) is 0 Å². The lowest BCUT2D eigenvalue weighted by Gasteiger charge is -2.34. The average molecular weight is 423 g/mol. The van der Waals surface area contributed by atoms with E-state index in [4.69, 9.17) is 0 Å². The normalized spacial score (nSPS) is 14.4. The molecular weight excluding hydrogens is 384 g/mol. The average Bonchev–Trinajstić information content (AvgIpc) is 3.09. The Morgan fingerprint density at radius 1 is 0.781 bits per heavy atom. The van der Waals surface area contributed by atoms with Gasteiger partial charge in [-0.3, -0.25) is 0 Å². The Kier molecular flexibility index (Phi) is 6.42. The fourth-order valence-electron chi connectivity index (χ4n) is 5.76. The van der Waals surface area contributed by atoms with Gasteiger partial charge in [0.1, 0.15) is 0 Å². The number of hydrogen-bond acceptors (Lipinski definition) is 0. The molecule has 0 saturated heterocycles. The Labute approximate surface area is 195 Å². The first-order chi connectivity index (χ1) is 15.2. The lowest BCUT2D eigenvalue weighted by Crippen LogP contribution is -2.23. The van der Waals surface area contributed by atoms with Gasteiger partial charge in [0.25, 0.3) is 0 Å². The molecule has 0 aliphatic heterocycles. The van der Waals surface area contributed by atoms with Gasteiger partial charge in [0.2, 0.25) is 0 Å². The molecule has 1 aliphatic rings. The van der Waals surface area contributed by atoms with Crippen LogP contribution in [0.1, 0.15) is 79.5 Å². The van der Waals surface area contributed by atoms with E-state index in [1.165, 1.54) is 44.5 Å². The van der Waals surface area contributed by atoms with E-state index in [-0.39, 0.29) is 5.41 Å². The largest absolute Gasteiger partial charge is 0.0759 e. The minimum absolute atomic E-state index is 0.260. The maximum absolute atomic E-state index is 2.45. The Bertz CT molecular complexity index is 1120. The summed E-state index contributed by atoms with van der Waals surface area (Å²) in [5.74, 6) is 1.19. The highest BCUT2D eigenvalue weighted by molar-refractivity contribution is 5.75. The molecule has 0 fully saturated rings. The topological polar surface area (TPSA) is 0 Å². The molecule has 0 heterocycles. The van der Waals surface area contributed by atoms with Crippen molar-refractivity contribution in [2.45, 2.75) is 66.7 Å². The molecule has 3 aromatic carbocycles. The minimum Gasteiger partial charge on any atom is -0.0759 e. The second kappa shape index (κ2) is 9.10. The van der Waals surface area contributed by atoms with Crippen molar-refractivity contribution >= 4 is 5.57 Å². The van der Waals surface area contributed by atoms with Gasteiger partial charge in [-0.05, 0) is 82.4 Å². The van der Waals surface area contributed by atoms with Gasteiger partial charge in [0.15, 0.2) is 0 Å². The monoisotopic (exact) mass is 422 g/mol. The first kappa shape index (κ1) is 22.6. The summed E-state index contributed by atoms with van der Waals surface area (Å²) in [6.07, 6.45) is 5.50. The van der Waals surface area contributed by atoms with E-state index in [2.05, 4.69) is 114 Å². The van der Waals surface area contributed by atoms with E-state index < -0.39 is 0 Å². The number of allylic oxidation sites excluding steroid dienone is 2. The van der Waals surface area contributed by atoms with E-state index in [9.17, 15) is 0 Å². The van der Waals surface area contributed by atoms with Gasteiger partial charge in [-0.15, -0.1) is 0 Å². The summed E-state index contributed by atoms with van der Waals surface area (Å²) in [6, 6.07) is 25.4. The standard InChI is InChI=1S/C32H38/c1-22(2)31(32(4,5)6)29-12-8-11-26(21-29)19-24-9-7-10-25(18-24)20-28-16-15-27-14-13-23(3)17-30(27)28/h7-14,16-18,21-22,31H,15,19-20H2,1-6H3. The van der Waals surface area contributed by atoms with Crippen molar-refractivity contribution in [3.05, 3.63) is 112 Å². The summed E-state index contributed by atoms with van der Waals surface area (Å²) < 4.78 is 0. The van der Waals surface area contributed by atoms with Crippen LogP contribution in [0.5, 0.6) is 0 Å². The third kappa shape index (κ3) is 5.07. The SMILES string of the molecule is Cc1ccc2c(c1)C(Cc1cccc(Cc3cccc(C(C(C)C)C(C)(C)C)c3)c1)=CC2. The summed E-state index contributed by atoms with van der Waals surface area (Å²) in [5.41, 5.74) is 11.7. The van der Waals surface area contributed by atoms with Crippen molar-refractivity contribution in [2.75, 3.05) is 0 Å². The molecule has 0 nitrogen and oxygen atoms in total. The molecule has 1 aliphatic carbocycles. The molecule has 0 radical (unpaired) electrons. The number of benzene rings is 3. The molecule has 3 aromatic rings. The number of fused-ring (bicyclic) bond motifs is 1. The second-order valence-corrected chi connectivity index (χ2v) is 11.1. The Morgan fingerprint density at radius 3 is 2.12 bits per heavy atom. The minimum atomic E-state index is 0.260. The molecule has 1 atom stereocenters. The van der Waals surface area contributed by atoms with Crippen LogP contribution in [0.25, 0.3) is 5.57 Å². The molecule has 0 amide bonds. The number of hydrogen-bond donors (Lipinski definition) is 0. The number of rotatable bonds is 6. The van der Waals surface area contributed by atoms with Crippen molar-refractivity contribution in [1.29, 1.82) is 0 Å². The maximum Gasteiger partial charge on any atom is -0.00227 e. The molecule has 0 N–H and O–H groups in total. The first-order valence-corrected chi connectivity index (χ1v) is 12.2. The predicted octanol–water partition coefficient (Wildman–Crippen LogP) is 8.55. The third-order valence-corrected chi connectivity index (χ3v) is 6.88. The van der Waals surface area contributed by atoms with Crippen LogP contribution in [-0.4, -0.2) is 0 Å². The van der Waals surface area contributed by atoms with Gasteiger partial charge >= 0.3 is 0 Å². The molecule has 32 heavy (non-hydrogen) atoms. The Balaban J connectivity index is 1.53. The molecule has 0 bridgehead atoms. The fraction of sp³-hybridized carbons (Fsp3) is 0.375. The lowest BCUT2D eigenvalue weighted by molar-refractivity contribution is 0.258. The van der Waals surface area contributed by atoms with Crippen LogP contribution < -0.4 is 0 Å². The van der Waals surface area contributed by atoms with Gasteiger partial charge in [-0.1, -0.05) is 113 Å². The summed E-state index contributed by atoms with van der Waals surface area (Å²) >= 11 is 0. The van der Waals surface area contributed by atoms with Crippen LogP contribution in [-0.2, 0) is 19.3 Å². The molecule has 0 aromatic heterocycles. The molecular formula is C32H38. The van der Waals surface area contributed by atoms with Crippen LogP contribution in [0.3, 0.4) is 0 Å². The van der Waals surface area contributed by atoms with Crippen molar-refractivity contribution < 1.29 is 0 Å². The first-order valence-electron chi connectivity index (χ1n) is 12.2. The van der Waals surface area contributed by atoms with Crippen molar-refractivity contribution in [1.82, 2.24) is 0 Å². The van der Waals surface area contributed by atoms with Gasteiger partial charge < -0.3 is 0 Å². The smallest absolute Gasteiger partial charge is 0.00227 e. The molecule has 0 saturated carbocycles. The summed E-state index contributed by atoms with van der Waals surface area (Å²) in [5, 5.41) is 0. The van der Waals surface area contributed by atoms with Crippen molar-refractivity contribution in [3.63, 3.8) is 0 Å². The zero-order valence-corrected chi connectivity index (χ0v) is 20.7. The van der Waals surface area contributed by atoms with E-state index in [0.29, 0.717) is 11.8 Å². The zero-order chi connectivity index (χ0) is 22.9. The van der Waals surface area contributed by atoms with Crippen molar-refractivity contribution in [3.8, 4) is 0 Å². The molecule has 0 heteroatoms. The predicted molar refractivity (Wildman–Crippen MR) is 139 cm³/mol. The molecule has 0 spiro atoms. The van der Waals surface area contributed by atoms with Gasteiger partial charge in [0.05, 0.1) is 0 Å². The van der Waals surface area contributed by atoms with E-state index >= 15 is 0 Å². The van der Waals surface area contributed by atoms with E-state index in [0.717, 1.165) is 19.3 Å². The Hall–Kier alpha value is -2.60. The van der Waals surface area contributed by atoms with Gasteiger partial charge in [-0.2, -0.15) is 0 Å². The van der Waals surface area contributed by atoms with Crippen LogP contribution in [0.15, 0.2) is 72.8 Å². The second-order valence-electron chi connectivity index (χ2n) is 11.1. The molecule has 4 rings (SSSR count). The highest BCUT2D eigenvalue weighted by atomic mass is 14.3. The molecule has 166 valence electrons. The van der Waals surface area contributed by atoms with Crippen LogP contribution in [0, 0.1) is 18.3 Å². The quantitative estimate of drug-likeness (QED) is 0.373. The summed E-state index contributed by atoms with van der Waals surface area (Å²) in [4.78, 5) is 0. The van der Waals surface area contributed by atoms with Crippen LogP contribution in [0.4, 0.5) is 0 Å². The van der Waals surface area contributed by atoms with Crippen LogP contribution in [0.2, 0.25) is 0 Å².